The zero-order valence-electron chi connectivity index (χ0n) is 9.75. The Morgan fingerprint density at radius 3 is 3.12 bits per heavy atom. The molecule has 1 aliphatic rings. The number of fused-ring (bicyclic) bond motifs is 1. The van der Waals surface area contributed by atoms with Gasteiger partial charge in [-0.2, -0.15) is 0 Å². The highest BCUT2D eigenvalue weighted by Gasteiger charge is 2.20. The molecule has 1 unspecified atom stereocenters. The Balaban J connectivity index is 2.35. The number of carbonyl (C=O) groups excluding carboxylic acids is 1. The van der Waals surface area contributed by atoms with Gasteiger partial charge in [-0.3, -0.25) is 0 Å². The minimum Gasteiger partial charge on any atom is -0.462 e. The van der Waals surface area contributed by atoms with Crippen molar-refractivity contribution in [3.05, 3.63) is 29.3 Å². The Kier molecular flexibility index (Phi) is 3.13. The molecule has 2 rings (SSSR count). The molecule has 3 nitrogen and oxygen atoms in total. The van der Waals surface area contributed by atoms with E-state index in [4.69, 9.17) is 4.74 Å². The summed E-state index contributed by atoms with van der Waals surface area (Å²) in [5.74, 6) is -0.235. The molecular formula is C13H17NO2. The van der Waals surface area contributed by atoms with Gasteiger partial charge < -0.3 is 10.1 Å². The molecule has 0 amide bonds. The molecule has 0 aromatic heterocycles. The molecule has 1 aromatic rings. The average Bonchev–Trinajstić information content (AvgIpc) is 2.28. The maximum atomic E-state index is 11.8. The number of para-hydroxylation sites is 1. The van der Waals surface area contributed by atoms with Gasteiger partial charge in [0, 0.05) is 6.04 Å². The summed E-state index contributed by atoms with van der Waals surface area (Å²) in [6.07, 6.45) is 2.13. The molecule has 1 heterocycles. The lowest BCUT2D eigenvalue weighted by Crippen LogP contribution is -2.24. The third-order valence-corrected chi connectivity index (χ3v) is 2.88. The van der Waals surface area contributed by atoms with Crippen LogP contribution in [0.1, 0.15) is 36.2 Å². The third-order valence-electron chi connectivity index (χ3n) is 2.88. The molecule has 1 aromatic carbocycles. The number of benzene rings is 1. The van der Waals surface area contributed by atoms with Gasteiger partial charge in [0.2, 0.25) is 0 Å². The first-order chi connectivity index (χ1) is 7.72. The SMILES string of the molecule is CCOC(=O)c1cccc2c1NC(C)CC2. The Labute approximate surface area is 95.8 Å². The second-order valence-corrected chi connectivity index (χ2v) is 4.14. The number of anilines is 1. The number of carbonyl (C=O) groups is 1. The summed E-state index contributed by atoms with van der Waals surface area (Å²) in [4.78, 5) is 11.8. The number of nitrogens with one attached hydrogen (secondary N) is 1. The number of ether oxygens (including phenoxy) is 1. The van der Waals surface area contributed by atoms with Gasteiger partial charge in [0.25, 0.3) is 0 Å². The lowest BCUT2D eigenvalue weighted by molar-refractivity contribution is 0.0527. The van der Waals surface area contributed by atoms with Crippen LogP contribution in [0.3, 0.4) is 0 Å². The zero-order valence-corrected chi connectivity index (χ0v) is 9.75. The first kappa shape index (κ1) is 11.0. The summed E-state index contributed by atoms with van der Waals surface area (Å²) in [7, 11) is 0. The Morgan fingerprint density at radius 1 is 1.56 bits per heavy atom. The highest BCUT2D eigenvalue weighted by atomic mass is 16.5. The quantitative estimate of drug-likeness (QED) is 0.777. The molecule has 0 spiro atoms. The van der Waals surface area contributed by atoms with Crippen molar-refractivity contribution in [1.29, 1.82) is 0 Å². The molecule has 86 valence electrons. The molecule has 16 heavy (non-hydrogen) atoms. The van der Waals surface area contributed by atoms with Crippen molar-refractivity contribution in [2.75, 3.05) is 11.9 Å². The van der Waals surface area contributed by atoms with Crippen molar-refractivity contribution in [3.8, 4) is 0 Å². The maximum absolute atomic E-state index is 11.8. The molecular weight excluding hydrogens is 202 g/mol. The summed E-state index contributed by atoms with van der Waals surface area (Å²) < 4.78 is 5.05. The summed E-state index contributed by atoms with van der Waals surface area (Å²) in [6, 6.07) is 6.23. The van der Waals surface area contributed by atoms with Gasteiger partial charge in [-0.05, 0) is 38.3 Å². The second kappa shape index (κ2) is 4.56. The molecule has 1 atom stereocenters. The molecule has 0 bridgehead atoms. The fourth-order valence-corrected chi connectivity index (χ4v) is 2.05. The normalized spacial score (nSPS) is 18.5. The monoisotopic (exact) mass is 219 g/mol. The average molecular weight is 219 g/mol. The van der Waals surface area contributed by atoms with Crippen molar-refractivity contribution in [2.45, 2.75) is 32.7 Å². The number of rotatable bonds is 2. The highest BCUT2D eigenvalue weighted by Crippen LogP contribution is 2.28. The standard InChI is InChI=1S/C13H17NO2/c1-3-16-13(15)11-6-4-5-10-8-7-9(2)14-12(10)11/h4-6,9,14H,3,7-8H2,1-2H3. The lowest BCUT2D eigenvalue weighted by Gasteiger charge is -2.25. The second-order valence-electron chi connectivity index (χ2n) is 4.14. The molecule has 0 fully saturated rings. The van der Waals surface area contributed by atoms with Crippen LogP contribution in [0.2, 0.25) is 0 Å². The summed E-state index contributed by atoms with van der Waals surface area (Å²) in [5.41, 5.74) is 2.83. The van der Waals surface area contributed by atoms with Crippen molar-refractivity contribution < 1.29 is 9.53 Å². The molecule has 0 saturated heterocycles. The summed E-state index contributed by atoms with van der Waals surface area (Å²) in [6.45, 7) is 4.37. The highest BCUT2D eigenvalue weighted by molar-refractivity contribution is 5.96. The Bertz CT molecular complexity index is 401. The molecule has 3 heteroatoms. The zero-order chi connectivity index (χ0) is 11.5. The minimum atomic E-state index is -0.235. The molecule has 1 aliphatic heterocycles. The minimum absolute atomic E-state index is 0.235. The fraction of sp³-hybridized carbons (Fsp3) is 0.462. The Hall–Kier alpha value is -1.51. The van der Waals surface area contributed by atoms with Gasteiger partial charge in [0.15, 0.2) is 0 Å². The Morgan fingerprint density at radius 2 is 2.38 bits per heavy atom. The van der Waals surface area contributed by atoms with E-state index in [1.54, 1.807) is 0 Å². The largest absolute Gasteiger partial charge is 0.462 e. The van der Waals surface area contributed by atoms with Gasteiger partial charge in [-0.15, -0.1) is 0 Å². The van der Waals surface area contributed by atoms with Crippen LogP contribution in [0, 0.1) is 0 Å². The fourth-order valence-electron chi connectivity index (χ4n) is 2.05. The van der Waals surface area contributed by atoms with E-state index in [0.29, 0.717) is 18.2 Å². The van der Waals surface area contributed by atoms with Gasteiger partial charge >= 0.3 is 5.97 Å². The predicted molar refractivity (Wildman–Crippen MR) is 63.8 cm³/mol. The number of hydrogen-bond acceptors (Lipinski definition) is 3. The number of esters is 1. The van der Waals surface area contributed by atoms with Crippen molar-refractivity contribution in [2.24, 2.45) is 0 Å². The van der Waals surface area contributed by atoms with Crippen molar-refractivity contribution in [3.63, 3.8) is 0 Å². The molecule has 0 saturated carbocycles. The van der Waals surface area contributed by atoms with Gasteiger partial charge in [0.1, 0.15) is 0 Å². The van der Waals surface area contributed by atoms with Crippen LogP contribution < -0.4 is 5.32 Å². The van der Waals surface area contributed by atoms with Crippen LogP contribution in [0.4, 0.5) is 5.69 Å². The van der Waals surface area contributed by atoms with Crippen LogP contribution in [-0.4, -0.2) is 18.6 Å². The third kappa shape index (κ3) is 2.03. The van der Waals surface area contributed by atoms with E-state index in [2.05, 4.69) is 18.3 Å². The van der Waals surface area contributed by atoms with E-state index in [1.807, 2.05) is 19.1 Å². The van der Waals surface area contributed by atoms with Gasteiger partial charge in [-0.25, -0.2) is 4.79 Å². The summed E-state index contributed by atoms with van der Waals surface area (Å²) >= 11 is 0. The van der Waals surface area contributed by atoms with Crippen molar-refractivity contribution >= 4 is 11.7 Å². The lowest BCUT2D eigenvalue weighted by atomic mass is 9.96. The topological polar surface area (TPSA) is 38.3 Å². The molecule has 0 aliphatic carbocycles. The first-order valence-corrected chi connectivity index (χ1v) is 5.78. The van der Waals surface area contributed by atoms with Crippen LogP contribution in [0.15, 0.2) is 18.2 Å². The van der Waals surface area contributed by atoms with Gasteiger partial charge in [0.05, 0.1) is 17.9 Å². The van der Waals surface area contributed by atoms with Crippen molar-refractivity contribution in [1.82, 2.24) is 0 Å². The number of aryl methyl sites for hydroxylation is 1. The molecule has 0 radical (unpaired) electrons. The van der Waals surface area contributed by atoms with E-state index < -0.39 is 0 Å². The van der Waals surface area contributed by atoms with Crippen LogP contribution in [0.5, 0.6) is 0 Å². The van der Waals surface area contributed by atoms with E-state index in [9.17, 15) is 4.79 Å². The molecule has 1 N–H and O–H groups in total. The van der Waals surface area contributed by atoms with E-state index >= 15 is 0 Å². The van der Waals surface area contributed by atoms with E-state index in [0.717, 1.165) is 18.5 Å². The predicted octanol–water partition coefficient (Wildman–Crippen LogP) is 2.61. The van der Waals surface area contributed by atoms with Crippen LogP contribution >= 0.6 is 0 Å². The number of hydrogen-bond donors (Lipinski definition) is 1. The van der Waals surface area contributed by atoms with Crippen LogP contribution in [0.25, 0.3) is 0 Å². The van der Waals surface area contributed by atoms with E-state index in [1.165, 1.54) is 5.56 Å². The smallest absolute Gasteiger partial charge is 0.340 e. The van der Waals surface area contributed by atoms with E-state index in [-0.39, 0.29) is 5.97 Å². The first-order valence-electron chi connectivity index (χ1n) is 5.78. The summed E-state index contributed by atoms with van der Waals surface area (Å²) in [5, 5.41) is 3.37. The maximum Gasteiger partial charge on any atom is 0.340 e. The van der Waals surface area contributed by atoms with Crippen LogP contribution in [-0.2, 0) is 11.2 Å². The van der Waals surface area contributed by atoms with Gasteiger partial charge in [-0.1, -0.05) is 12.1 Å².